The molecular formula is C4H12BO3P. The SMILES string of the molecule is [B]P(O)(O)(O)CCCC. The van der Waals surface area contributed by atoms with Crippen LogP contribution in [-0.4, -0.2) is 28.4 Å². The average Bonchev–Trinajstić information content (AvgIpc) is 1.57. The van der Waals surface area contributed by atoms with Gasteiger partial charge < -0.3 is 0 Å². The van der Waals surface area contributed by atoms with Gasteiger partial charge in [-0.15, -0.1) is 0 Å². The first-order valence-electron chi connectivity index (χ1n) is 2.88. The minimum atomic E-state index is -4.63. The Morgan fingerprint density at radius 2 is 1.78 bits per heavy atom. The zero-order valence-electron chi connectivity index (χ0n) is 5.49. The molecule has 0 aliphatic heterocycles. The predicted octanol–water partition coefficient (Wildman–Crippen LogP) is 0.145. The van der Waals surface area contributed by atoms with E-state index < -0.39 is 7.16 Å². The zero-order chi connectivity index (χ0) is 7.57. The van der Waals surface area contributed by atoms with Crippen molar-refractivity contribution in [2.75, 3.05) is 6.16 Å². The van der Waals surface area contributed by atoms with Gasteiger partial charge in [-0.2, -0.15) is 0 Å². The minimum absolute atomic E-state index is 0.0951. The molecule has 0 unspecified atom stereocenters. The quantitative estimate of drug-likeness (QED) is 0.396. The van der Waals surface area contributed by atoms with E-state index in [1.165, 1.54) is 0 Å². The van der Waals surface area contributed by atoms with E-state index in [4.69, 9.17) is 22.2 Å². The van der Waals surface area contributed by atoms with Crippen LogP contribution in [0.15, 0.2) is 0 Å². The fourth-order valence-corrected chi connectivity index (χ4v) is 1.38. The molecule has 0 fully saturated rings. The summed E-state index contributed by atoms with van der Waals surface area (Å²) in [4.78, 5) is 25.9. The van der Waals surface area contributed by atoms with Gasteiger partial charge in [-0.25, -0.2) is 0 Å². The summed E-state index contributed by atoms with van der Waals surface area (Å²) in [6.45, 7) is 1.88. The van der Waals surface area contributed by atoms with Gasteiger partial charge in [0.05, 0.1) is 0 Å². The third-order valence-corrected chi connectivity index (χ3v) is 2.12. The summed E-state index contributed by atoms with van der Waals surface area (Å²) in [6.07, 6.45) is 1.23. The van der Waals surface area contributed by atoms with Crippen molar-refractivity contribution in [3.8, 4) is 0 Å². The fraction of sp³-hybridized carbons (Fsp3) is 1.00. The summed E-state index contributed by atoms with van der Waals surface area (Å²) in [7, 11) is 0.134. The standard InChI is InChI=1S/C4H12BO3P/c1-2-3-4-9(5,6,7)8/h6-8H,2-4H2,1H3. The third-order valence-electron chi connectivity index (χ3n) is 0.941. The first-order valence-corrected chi connectivity index (χ1v) is 5.23. The molecule has 0 atom stereocenters. The molecule has 5 heteroatoms. The van der Waals surface area contributed by atoms with Crippen molar-refractivity contribution in [1.29, 1.82) is 0 Å². The molecule has 0 spiro atoms. The number of hydrogen-bond donors (Lipinski definition) is 3. The van der Waals surface area contributed by atoms with Crippen molar-refractivity contribution in [3.05, 3.63) is 0 Å². The summed E-state index contributed by atoms with van der Waals surface area (Å²) in [5, 5.41) is 0. The molecule has 0 aromatic carbocycles. The molecule has 0 rings (SSSR count). The Morgan fingerprint density at radius 3 is 1.89 bits per heavy atom. The molecule has 0 aromatic heterocycles. The van der Waals surface area contributed by atoms with Crippen LogP contribution in [0.2, 0.25) is 0 Å². The summed E-state index contributed by atoms with van der Waals surface area (Å²) in [5.41, 5.74) is 0. The van der Waals surface area contributed by atoms with Crippen molar-refractivity contribution < 1.29 is 14.7 Å². The first-order chi connectivity index (χ1) is 3.81. The number of hydrogen-bond acceptors (Lipinski definition) is 3. The molecule has 3 N–H and O–H groups in total. The van der Waals surface area contributed by atoms with Gasteiger partial charge in [-0.1, -0.05) is 0 Å². The Balaban J connectivity index is 3.60. The maximum absolute atomic E-state index is 8.63. The Labute approximate surface area is 56.3 Å². The van der Waals surface area contributed by atoms with Crippen LogP contribution in [0.25, 0.3) is 0 Å². The second-order valence-corrected chi connectivity index (χ2v) is 5.19. The van der Waals surface area contributed by atoms with Crippen LogP contribution in [0.5, 0.6) is 0 Å². The van der Waals surface area contributed by atoms with Crippen molar-refractivity contribution in [1.82, 2.24) is 0 Å². The van der Waals surface area contributed by atoms with E-state index >= 15 is 0 Å². The summed E-state index contributed by atoms with van der Waals surface area (Å²) in [5.74, 6) is 0. The van der Waals surface area contributed by atoms with Crippen LogP contribution in [-0.2, 0) is 0 Å². The van der Waals surface area contributed by atoms with Gasteiger partial charge in [0.15, 0.2) is 0 Å². The Bertz CT molecular complexity index is 88.5. The van der Waals surface area contributed by atoms with Crippen LogP contribution in [0.4, 0.5) is 0 Å². The predicted molar refractivity (Wildman–Crippen MR) is 39.1 cm³/mol. The molecule has 0 aliphatic rings. The molecule has 0 bridgehead atoms. The summed E-state index contributed by atoms with van der Waals surface area (Å²) >= 11 is 0. The van der Waals surface area contributed by atoms with Crippen molar-refractivity contribution >= 4 is 14.7 Å². The normalized spacial score (nSPS) is 16.7. The molecule has 0 saturated heterocycles. The molecule has 3 nitrogen and oxygen atoms in total. The fourth-order valence-electron chi connectivity index (χ4n) is 0.462. The Hall–Kier alpha value is 0.375. The van der Waals surface area contributed by atoms with Crippen LogP contribution in [0.3, 0.4) is 0 Å². The topological polar surface area (TPSA) is 60.7 Å². The van der Waals surface area contributed by atoms with E-state index in [-0.39, 0.29) is 6.16 Å². The van der Waals surface area contributed by atoms with E-state index in [9.17, 15) is 0 Å². The molecule has 0 aromatic rings. The molecule has 0 saturated carbocycles. The molecule has 0 aliphatic carbocycles. The molecule has 0 heterocycles. The van der Waals surface area contributed by atoms with Crippen molar-refractivity contribution in [2.24, 2.45) is 0 Å². The number of unbranched alkanes of at least 4 members (excludes halogenated alkanes) is 1. The van der Waals surface area contributed by atoms with Gasteiger partial charge >= 0.3 is 55.3 Å². The van der Waals surface area contributed by atoms with Crippen LogP contribution < -0.4 is 0 Å². The maximum atomic E-state index is 8.63. The first kappa shape index (κ1) is 9.37. The van der Waals surface area contributed by atoms with Gasteiger partial charge in [0.1, 0.15) is 0 Å². The van der Waals surface area contributed by atoms with E-state index in [1.807, 2.05) is 6.92 Å². The second kappa shape index (κ2) is 2.55. The monoisotopic (exact) mass is 150 g/mol. The summed E-state index contributed by atoms with van der Waals surface area (Å²) in [6, 6.07) is 0. The van der Waals surface area contributed by atoms with Gasteiger partial charge in [-0.3, -0.25) is 0 Å². The van der Waals surface area contributed by atoms with Crippen LogP contribution in [0.1, 0.15) is 19.8 Å². The van der Waals surface area contributed by atoms with E-state index in [0.29, 0.717) is 6.42 Å². The zero-order valence-corrected chi connectivity index (χ0v) is 6.38. The molecule has 2 radical (unpaired) electrons. The summed E-state index contributed by atoms with van der Waals surface area (Å²) < 4.78 is 0. The third kappa shape index (κ3) is 8.37. The van der Waals surface area contributed by atoms with Crippen LogP contribution in [0, 0.1) is 0 Å². The average molecular weight is 150 g/mol. The van der Waals surface area contributed by atoms with Crippen molar-refractivity contribution in [2.45, 2.75) is 19.8 Å². The molecule has 0 amide bonds. The molecular weight excluding hydrogens is 138 g/mol. The second-order valence-electron chi connectivity index (χ2n) is 2.30. The van der Waals surface area contributed by atoms with Crippen LogP contribution >= 0.6 is 7.16 Å². The van der Waals surface area contributed by atoms with Crippen molar-refractivity contribution in [3.63, 3.8) is 0 Å². The Kier molecular flexibility index (Phi) is 2.65. The van der Waals surface area contributed by atoms with E-state index in [2.05, 4.69) is 0 Å². The number of rotatable bonds is 3. The molecule has 9 heavy (non-hydrogen) atoms. The van der Waals surface area contributed by atoms with Gasteiger partial charge in [0.25, 0.3) is 0 Å². The van der Waals surface area contributed by atoms with Gasteiger partial charge in [0.2, 0.25) is 0 Å². The van der Waals surface area contributed by atoms with Gasteiger partial charge in [-0.05, 0) is 0 Å². The molecule has 54 valence electrons. The van der Waals surface area contributed by atoms with E-state index in [1.54, 1.807) is 0 Å². The van der Waals surface area contributed by atoms with E-state index in [0.717, 1.165) is 6.42 Å². The van der Waals surface area contributed by atoms with Gasteiger partial charge in [0, 0.05) is 0 Å². The Morgan fingerprint density at radius 1 is 1.33 bits per heavy atom.